The Hall–Kier alpha value is -2.23. The van der Waals surface area contributed by atoms with Gasteiger partial charge in [0.25, 0.3) is 0 Å². The highest BCUT2D eigenvalue weighted by molar-refractivity contribution is 5.76. The van der Waals surface area contributed by atoms with E-state index in [9.17, 15) is 4.39 Å². The van der Waals surface area contributed by atoms with Gasteiger partial charge in [-0.3, -0.25) is 0 Å². The SMILES string of the molecule is Cc1cccc(N(C)c2cc(OC(C)C)c(F)cc2N)c1. The van der Waals surface area contributed by atoms with Crippen LogP contribution in [0.1, 0.15) is 19.4 Å². The first kappa shape index (κ1) is 15.2. The number of nitrogens with zero attached hydrogens (tertiary/aromatic N) is 1. The molecular formula is C17H21FN2O. The molecule has 3 nitrogen and oxygen atoms in total. The molecule has 0 spiro atoms. The van der Waals surface area contributed by atoms with Crippen LogP contribution in [0.5, 0.6) is 5.75 Å². The quantitative estimate of drug-likeness (QED) is 0.854. The van der Waals surface area contributed by atoms with Crippen molar-refractivity contribution in [1.82, 2.24) is 0 Å². The van der Waals surface area contributed by atoms with E-state index in [0.717, 1.165) is 16.9 Å². The monoisotopic (exact) mass is 288 g/mol. The first-order valence-electron chi connectivity index (χ1n) is 6.94. The van der Waals surface area contributed by atoms with Crippen LogP contribution in [0.2, 0.25) is 0 Å². The molecule has 0 aliphatic carbocycles. The maximum Gasteiger partial charge on any atom is 0.167 e. The molecule has 2 aromatic carbocycles. The van der Waals surface area contributed by atoms with Crippen LogP contribution in [0.3, 0.4) is 0 Å². The average Bonchev–Trinajstić information content (AvgIpc) is 2.40. The van der Waals surface area contributed by atoms with Crippen molar-refractivity contribution in [3.8, 4) is 5.75 Å². The Bertz CT molecular complexity index is 641. The van der Waals surface area contributed by atoms with Gasteiger partial charge in [-0.15, -0.1) is 0 Å². The molecule has 0 amide bonds. The molecule has 112 valence electrons. The van der Waals surface area contributed by atoms with Gasteiger partial charge in [-0.05, 0) is 38.5 Å². The van der Waals surface area contributed by atoms with E-state index in [1.807, 2.05) is 57.0 Å². The van der Waals surface area contributed by atoms with E-state index in [4.69, 9.17) is 10.5 Å². The number of hydrogen-bond donors (Lipinski definition) is 1. The van der Waals surface area contributed by atoms with Crippen LogP contribution in [0.15, 0.2) is 36.4 Å². The summed E-state index contributed by atoms with van der Waals surface area (Å²) in [5, 5.41) is 0. The third-order valence-corrected chi connectivity index (χ3v) is 3.19. The molecule has 0 aliphatic heterocycles. The predicted molar refractivity (Wildman–Crippen MR) is 85.8 cm³/mol. The summed E-state index contributed by atoms with van der Waals surface area (Å²) in [5.41, 5.74) is 9.20. The van der Waals surface area contributed by atoms with E-state index < -0.39 is 5.82 Å². The Morgan fingerprint density at radius 1 is 1.19 bits per heavy atom. The largest absolute Gasteiger partial charge is 0.488 e. The summed E-state index contributed by atoms with van der Waals surface area (Å²) in [6, 6.07) is 11.0. The summed E-state index contributed by atoms with van der Waals surface area (Å²) in [7, 11) is 1.90. The molecule has 0 bridgehead atoms. The molecule has 0 aromatic heterocycles. The highest BCUT2D eigenvalue weighted by atomic mass is 19.1. The lowest BCUT2D eigenvalue weighted by atomic mass is 10.1. The van der Waals surface area contributed by atoms with Crippen LogP contribution in [-0.4, -0.2) is 13.2 Å². The van der Waals surface area contributed by atoms with Gasteiger partial charge in [-0.1, -0.05) is 12.1 Å². The van der Waals surface area contributed by atoms with Crippen molar-refractivity contribution in [3.05, 3.63) is 47.8 Å². The molecule has 0 saturated carbocycles. The summed E-state index contributed by atoms with van der Waals surface area (Å²) < 4.78 is 19.4. The van der Waals surface area contributed by atoms with Crippen LogP contribution in [0.25, 0.3) is 0 Å². The normalized spacial score (nSPS) is 10.8. The zero-order valence-electron chi connectivity index (χ0n) is 12.9. The third-order valence-electron chi connectivity index (χ3n) is 3.19. The minimum atomic E-state index is -0.442. The Morgan fingerprint density at radius 2 is 1.90 bits per heavy atom. The maximum absolute atomic E-state index is 13.9. The van der Waals surface area contributed by atoms with Gasteiger partial charge in [0.1, 0.15) is 0 Å². The summed E-state index contributed by atoms with van der Waals surface area (Å²) in [6.45, 7) is 5.75. The van der Waals surface area contributed by atoms with Crippen LogP contribution < -0.4 is 15.4 Å². The molecule has 4 heteroatoms. The molecule has 0 heterocycles. The summed E-state index contributed by atoms with van der Waals surface area (Å²) >= 11 is 0. The zero-order valence-corrected chi connectivity index (χ0v) is 12.9. The van der Waals surface area contributed by atoms with Crippen molar-refractivity contribution in [2.24, 2.45) is 0 Å². The van der Waals surface area contributed by atoms with Crippen molar-refractivity contribution in [1.29, 1.82) is 0 Å². The first-order chi connectivity index (χ1) is 9.88. The van der Waals surface area contributed by atoms with Gasteiger partial charge in [-0.25, -0.2) is 4.39 Å². The third kappa shape index (κ3) is 3.45. The molecule has 0 atom stereocenters. The number of hydrogen-bond acceptors (Lipinski definition) is 3. The second-order valence-electron chi connectivity index (χ2n) is 5.41. The van der Waals surface area contributed by atoms with Crippen molar-refractivity contribution in [2.45, 2.75) is 26.9 Å². The molecule has 0 saturated heterocycles. The lowest BCUT2D eigenvalue weighted by Crippen LogP contribution is -2.14. The molecule has 21 heavy (non-hydrogen) atoms. The topological polar surface area (TPSA) is 38.5 Å². The number of halogens is 1. The van der Waals surface area contributed by atoms with Gasteiger partial charge in [0.05, 0.1) is 17.5 Å². The Morgan fingerprint density at radius 3 is 2.52 bits per heavy atom. The second-order valence-corrected chi connectivity index (χ2v) is 5.41. The molecular weight excluding hydrogens is 267 g/mol. The summed E-state index contributed by atoms with van der Waals surface area (Å²) in [6.07, 6.45) is -0.0970. The number of nitrogen functional groups attached to an aromatic ring is 1. The smallest absolute Gasteiger partial charge is 0.167 e. The molecule has 2 aromatic rings. The minimum absolute atomic E-state index is 0.0970. The lowest BCUT2D eigenvalue weighted by molar-refractivity contribution is 0.231. The predicted octanol–water partition coefficient (Wildman–Crippen LogP) is 4.27. The molecule has 0 unspecified atom stereocenters. The van der Waals surface area contributed by atoms with Crippen molar-refractivity contribution >= 4 is 17.1 Å². The van der Waals surface area contributed by atoms with Crippen LogP contribution in [0, 0.1) is 12.7 Å². The van der Waals surface area contributed by atoms with Gasteiger partial charge >= 0.3 is 0 Å². The van der Waals surface area contributed by atoms with Crippen molar-refractivity contribution in [3.63, 3.8) is 0 Å². The highest BCUT2D eigenvalue weighted by Gasteiger charge is 2.14. The first-order valence-corrected chi connectivity index (χ1v) is 6.94. The van der Waals surface area contributed by atoms with Crippen LogP contribution in [0.4, 0.5) is 21.5 Å². The fourth-order valence-electron chi connectivity index (χ4n) is 2.17. The van der Waals surface area contributed by atoms with Crippen LogP contribution >= 0.6 is 0 Å². The Balaban J connectivity index is 2.42. The molecule has 2 N–H and O–H groups in total. The second kappa shape index (κ2) is 6.04. The summed E-state index contributed by atoms with van der Waals surface area (Å²) in [4.78, 5) is 1.93. The standard InChI is InChI=1S/C17H21FN2O/c1-11(2)21-17-10-16(15(19)9-14(17)18)20(4)13-7-5-6-12(3)8-13/h5-11H,19H2,1-4H3. The molecule has 0 fully saturated rings. The van der Waals surface area contributed by atoms with Gasteiger partial charge in [0.15, 0.2) is 11.6 Å². The van der Waals surface area contributed by atoms with Crippen molar-refractivity contribution < 1.29 is 9.13 Å². The number of benzene rings is 2. The number of ether oxygens (including phenoxy) is 1. The van der Waals surface area contributed by atoms with Gasteiger partial charge in [0, 0.05) is 24.9 Å². The Kier molecular flexibility index (Phi) is 4.36. The highest BCUT2D eigenvalue weighted by Crippen LogP contribution is 2.34. The number of aryl methyl sites for hydroxylation is 1. The maximum atomic E-state index is 13.9. The van der Waals surface area contributed by atoms with Crippen molar-refractivity contribution in [2.75, 3.05) is 17.7 Å². The van der Waals surface area contributed by atoms with Crippen LogP contribution in [-0.2, 0) is 0 Å². The number of rotatable bonds is 4. The fraction of sp³-hybridized carbons (Fsp3) is 0.294. The number of nitrogens with two attached hydrogens (primary N) is 1. The fourth-order valence-corrected chi connectivity index (χ4v) is 2.17. The Labute approximate surface area is 125 Å². The molecule has 0 aliphatic rings. The zero-order chi connectivity index (χ0) is 15.6. The summed E-state index contributed by atoms with van der Waals surface area (Å²) in [5.74, 6) is -0.226. The van der Waals surface area contributed by atoms with E-state index in [1.54, 1.807) is 6.07 Å². The average molecular weight is 288 g/mol. The van der Waals surface area contributed by atoms with E-state index in [1.165, 1.54) is 6.07 Å². The number of anilines is 3. The lowest BCUT2D eigenvalue weighted by Gasteiger charge is -2.23. The molecule has 0 radical (unpaired) electrons. The van der Waals surface area contributed by atoms with E-state index in [-0.39, 0.29) is 11.9 Å². The van der Waals surface area contributed by atoms with E-state index in [0.29, 0.717) is 5.69 Å². The van der Waals surface area contributed by atoms with E-state index in [2.05, 4.69) is 0 Å². The molecule has 2 rings (SSSR count). The van der Waals surface area contributed by atoms with Gasteiger partial charge in [-0.2, -0.15) is 0 Å². The minimum Gasteiger partial charge on any atom is -0.488 e. The van der Waals surface area contributed by atoms with E-state index >= 15 is 0 Å². The van der Waals surface area contributed by atoms with Gasteiger partial charge in [0.2, 0.25) is 0 Å². The van der Waals surface area contributed by atoms with Gasteiger partial charge < -0.3 is 15.4 Å².